The summed E-state index contributed by atoms with van der Waals surface area (Å²) in [4.78, 5) is 39.3. The van der Waals surface area contributed by atoms with Crippen molar-refractivity contribution in [2.75, 3.05) is 11.9 Å². The second-order valence-corrected chi connectivity index (χ2v) is 7.18. The van der Waals surface area contributed by atoms with E-state index in [1.807, 2.05) is 18.2 Å². The maximum Gasteiger partial charge on any atom is 0.303 e. The molecule has 0 aliphatic carbocycles. The van der Waals surface area contributed by atoms with E-state index in [9.17, 15) is 14.4 Å². The lowest BCUT2D eigenvalue weighted by Crippen LogP contribution is -2.42. The van der Waals surface area contributed by atoms with Gasteiger partial charge in [0.15, 0.2) is 0 Å². The molecule has 9 heteroatoms. The van der Waals surface area contributed by atoms with Crippen LogP contribution in [0, 0.1) is 0 Å². The first-order valence-corrected chi connectivity index (χ1v) is 10.0. The van der Waals surface area contributed by atoms with Gasteiger partial charge in [-0.3, -0.25) is 25.2 Å². The number of nitrogens with one attached hydrogen (secondary N) is 3. The van der Waals surface area contributed by atoms with Crippen LogP contribution in [0.25, 0.3) is 0 Å². The highest BCUT2D eigenvalue weighted by Crippen LogP contribution is 2.25. The Morgan fingerprint density at radius 3 is 2.37 bits per heavy atom. The van der Waals surface area contributed by atoms with Crippen LogP contribution in [0.5, 0.6) is 0 Å². The predicted molar refractivity (Wildman–Crippen MR) is 114 cm³/mol. The smallest absolute Gasteiger partial charge is 0.303 e. The van der Waals surface area contributed by atoms with Gasteiger partial charge in [-0.1, -0.05) is 29.8 Å². The number of carboxylic acid groups (broad SMARTS) is 1. The number of pyridine rings is 1. The lowest BCUT2D eigenvalue weighted by atomic mass is 9.92. The number of carbonyl (C=O) groups is 3. The molecule has 0 fully saturated rings. The second-order valence-electron chi connectivity index (χ2n) is 6.75. The number of aliphatic carboxylic acids is 1. The van der Waals surface area contributed by atoms with Crippen LogP contribution in [0.1, 0.15) is 43.6 Å². The van der Waals surface area contributed by atoms with Crippen molar-refractivity contribution in [1.82, 2.24) is 15.8 Å². The summed E-state index contributed by atoms with van der Waals surface area (Å²) in [6.45, 7) is 0.689. The molecule has 2 rings (SSSR count). The Hall–Kier alpha value is -3.13. The number of hydrogen-bond acceptors (Lipinski definition) is 5. The van der Waals surface area contributed by atoms with E-state index in [1.165, 1.54) is 0 Å². The van der Waals surface area contributed by atoms with E-state index >= 15 is 0 Å². The zero-order valence-corrected chi connectivity index (χ0v) is 17.2. The summed E-state index contributed by atoms with van der Waals surface area (Å²) < 4.78 is 0. The molecule has 0 bridgehead atoms. The minimum atomic E-state index is -1.01. The van der Waals surface area contributed by atoms with Gasteiger partial charge in [0.05, 0.1) is 6.42 Å². The van der Waals surface area contributed by atoms with E-state index in [4.69, 9.17) is 16.7 Å². The first-order valence-electron chi connectivity index (χ1n) is 9.64. The molecule has 0 aliphatic heterocycles. The average Bonchev–Trinajstić information content (AvgIpc) is 2.72. The summed E-state index contributed by atoms with van der Waals surface area (Å²) in [5, 5.41) is 12.8. The quantitative estimate of drug-likeness (QED) is 0.320. The number of amides is 2. The third-order valence-corrected chi connectivity index (χ3v) is 4.59. The molecule has 1 atom stereocenters. The van der Waals surface area contributed by atoms with Gasteiger partial charge in [-0.15, -0.1) is 0 Å². The Morgan fingerprint density at radius 2 is 1.70 bits per heavy atom. The van der Waals surface area contributed by atoms with Gasteiger partial charge < -0.3 is 10.4 Å². The second kappa shape index (κ2) is 12.4. The first kappa shape index (κ1) is 23.2. The van der Waals surface area contributed by atoms with Crippen molar-refractivity contribution in [3.63, 3.8) is 0 Å². The van der Waals surface area contributed by atoms with E-state index in [0.717, 1.165) is 12.2 Å². The number of nitrogens with zero attached hydrogens (tertiary/aromatic N) is 1. The summed E-state index contributed by atoms with van der Waals surface area (Å²) in [5.41, 5.74) is 5.42. The molecule has 1 heterocycles. The van der Waals surface area contributed by atoms with Gasteiger partial charge >= 0.3 is 5.97 Å². The number of hydrazine groups is 1. The molecule has 2 aromatic rings. The van der Waals surface area contributed by atoms with Crippen LogP contribution in [0.15, 0.2) is 48.7 Å². The number of aromatic nitrogens is 1. The third kappa shape index (κ3) is 8.91. The van der Waals surface area contributed by atoms with Crippen molar-refractivity contribution in [1.29, 1.82) is 0 Å². The van der Waals surface area contributed by atoms with Crippen LogP contribution in [0.4, 0.5) is 5.82 Å². The van der Waals surface area contributed by atoms with Crippen LogP contribution in [-0.2, 0) is 14.4 Å². The van der Waals surface area contributed by atoms with Crippen LogP contribution < -0.4 is 16.2 Å². The number of unbranched alkanes of at least 4 members (excludes halogenated alkanes) is 1. The molecule has 0 aliphatic rings. The summed E-state index contributed by atoms with van der Waals surface area (Å²) in [7, 11) is 0. The minimum absolute atomic E-state index is 0.0673. The Morgan fingerprint density at radius 1 is 0.967 bits per heavy atom. The van der Waals surface area contributed by atoms with Crippen molar-refractivity contribution in [2.45, 2.75) is 38.0 Å². The summed E-state index contributed by atoms with van der Waals surface area (Å²) in [6.07, 6.45) is 3.12. The number of halogens is 1. The van der Waals surface area contributed by atoms with E-state index in [-0.39, 0.29) is 25.2 Å². The van der Waals surface area contributed by atoms with Gasteiger partial charge in [-0.25, -0.2) is 4.98 Å². The summed E-state index contributed by atoms with van der Waals surface area (Å²) >= 11 is 5.85. The number of rotatable bonds is 11. The third-order valence-electron chi connectivity index (χ3n) is 4.34. The molecule has 0 saturated carbocycles. The van der Waals surface area contributed by atoms with Crippen molar-refractivity contribution < 1.29 is 19.5 Å². The fourth-order valence-corrected chi connectivity index (χ4v) is 2.95. The molecule has 30 heavy (non-hydrogen) atoms. The monoisotopic (exact) mass is 432 g/mol. The average molecular weight is 433 g/mol. The predicted octanol–water partition coefficient (Wildman–Crippen LogP) is 3.11. The molecule has 0 spiro atoms. The zero-order chi connectivity index (χ0) is 21.8. The zero-order valence-electron chi connectivity index (χ0n) is 16.4. The Balaban J connectivity index is 1.68. The van der Waals surface area contributed by atoms with Crippen LogP contribution in [0.3, 0.4) is 0 Å². The maximum atomic E-state index is 12.2. The van der Waals surface area contributed by atoms with Crippen molar-refractivity contribution in [2.24, 2.45) is 0 Å². The molecule has 160 valence electrons. The molecule has 0 radical (unpaired) electrons. The van der Waals surface area contributed by atoms with Gasteiger partial charge in [0.25, 0.3) is 0 Å². The highest BCUT2D eigenvalue weighted by atomic mass is 35.5. The number of hydrogen-bond donors (Lipinski definition) is 4. The Kier molecular flexibility index (Phi) is 9.60. The van der Waals surface area contributed by atoms with Gasteiger partial charge in [0.1, 0.15) is 5.82 Å². The maximum absolute atomic E-state index is 12.2. The molecular weight excluding hydrogens is 408 g/mol. The molecule has 0 saturated heterocycles. The van der Waals surface area contributed by atoms with Gasteiger partial charge in [-0.2, -0.15) is 0 Å². The lowest BCUT2D eigenvalue weighted by molar-refractivity contribution is -0.137. The molecule has 1 unspecified atom stereocenters. The topological polar surface area (TPSA) is 120 Å². The standard InChI is InChI=1S/C21H25ClN4O4/c22-17-9-7-15(8-10-17)16(14-21(29)30)13-20(28)26-25-19(27)6-2-4-12-24-18-5-1-3-11-23-18/h1,3,5,7-11,16H,2,4,6,12-14H2,(H,23,24)(H,25,27)(H,26,28)(H,29,30). The number of carbonyl (C=O) groups excluding carboxylic acids is 2. The molecule has 2 amide bonds. The van der Waals surface area contributed by atoms with Crippen LogP contribution in [-0.4, -0.2) is 34.4 Å². The van der Waals surface area contributed by atoms with Crippen LogP contribution >= 0.6 is 11.6 Å². The van der Waals surface area contributed by atoms with Crippen LogP contribution in [0.2, 0.25) is 5.02 Å². The molecule has 8 nitrogen and oxygen atoms in total. The van der Waals surface area contributed by atoms with Gasteiger partial charge in [-0.05, 0) is 42.7 Å². The van der Waals surface area contributed by atoms with E-state index < -0.39 is 17.8 Å². The lowest BCUT2D eigenvalue weighted by Gasteiger charge is -2.15. The fraction of sp³-hybridized carbons (Fsp3) is 0.333. The number of carboxylic acids is 1. The summed E-state index contributed by atoms with van der Waals surface area (Å²) in [6, 6.07) is 12.3. The van der Waals surface area contributed by atoms with Crippen molar-refractivity contribution >= 4 is 35.2 Å². The van der Waals surface area contributed by atoms with Gasteiger partial charge in [0.2, 0.25) is 11.8 Å². The molecule has 4 N–H and O–H groups in total. The Labute approximate surface area is 180 Å². The largest absolute Gasteiger partial charge is 0.481 e. The van der Waals surface area contributed by atoms with E-state index in [1.54, 1.807) is 30.5 Å². The molecule has 1 aromatic carbocycles. The Bertz CT molecular complexity index is 831. The first-order chi connectivity index (χ1) is 14.4. The number of anilines is 1. The SMILES string of the molecule is O=C(O)CC(CC(=O)NNC(=O)CCCCNc1ccccn1)c1ccc(Cl)cc1. The molecule has 1 aromatic heterocycles. The highest BCUT2D eigenvalue weighted by Gasteiger charge is 2.19. The van der Waals surface area contributed by atoms with Crippen molar-refractivity contribution in [3.8, 4) is 0 Å². The number of benzene rings is 1. The van der Waals surface area contributed by atoms with E-state index in [2.05, 4.69) is 21.2 Å². The molecular formula is C21H25ClN4O4. The summed E-state index contributed by atoms with van der Waals surface area (Å²) in [5.74, 6) is -1.50. The van der Waals surface area contributed by atoms with Gasteiger partial charge in [0, 0.05) is 36.5 Å². The van der Waals surface area contributed by atoms with Crippen molar-refractivity contribution in [3.05, 3.63) is 59.2 Å². The van der Waals surface area contributed by atoms with E-state index in [0.29, 0.717) is 23.6 Å². The highest BCUT2D eigenvalue weighted by molar-refractivity contribution is 6.30. The normalized spacial score (nSPS) is 11.4. The minimum Gasteiger partial charge on any atom is -0.481 e. The fourth-order valence-electron chi connectivity index (χ4n) is 2.82.